The van der Waals surface area contributed by atoms with Crippen LogP contribution in [-0.2, 0) is 4.74 Å². The van der Waals surface area contributed by atoms with Gasteiger partial charge >= 0.3 is 12.0 Å². The molecular formula is C14H14N4O4. The number of ether oxygens (including phenoxy) is 1. The van der Waals surface area contributed by atoms with Crippen LogP contribution in [0.25, 0.3) is 0 Å². The minimum atomic E-state index is -0.525. The first-order chi connectivity index (χ1) is 10.6. The first kappa shape index (κ1) is 15.2. The van der Waals surface area contributed by atoms with E-state index in [9.17, 15) is 14.4 Å². The second-order valence-corrected chi connectivity index (χ2v) is 4.18. The van der Waals surface area contributed by atoms with E-state index in [1.165, 1.54) is 12.1 Å². The molecule has 0 saturated heterocycles. The van der Waals surface area contributed by atoms with E-state index in [4.69, 9.17) is 4.74 Å². The molecule has 0 saturated carbocycles. The van der Waals surface area contributed by atoms with Crippen LogP contribution in [0, 0.1) is 0 Å². The summed E-state index contributed by atoms with van der Waals surface area (Å²) in [6.45, 7) is 2.02. The fraction of sp³-hybridized carbons (Fsp3) is 0.143. The summed E-state index contributed by atoms with van der Waals surface area (Å²) in [6.07, 6.45) is 0. The highest BCUT2D eigenvalue weighted by molar-refractivity contribution is 5.99. The summed E-state index contributed by atoms with van der Waals surface area (Å²) in [5.41, 5.74) is 0.533. The molecule has 8 heteroatoms. The van der Waals surface area contributed by atoms with Gasteiger partial charge in [0.2, 0.25) is 0 Å². The van der Waals surface area contributed by atoms with E-state index in [-0.39, 0.29) is 11.4 Å². The number of hydrogen-bond acceptors (Lipinski definition) is 5. The highest BCUT2D eigenvalue weighted by Gasteiger charge is 2.07. The zero-order valence-electron chi connectivity index (χ0n) is 11.8. The molecule has 0 spiro atoms. The molecule has 1 aromatic heterocycles. The lowest BCUT2D eigenvalue weighted by Crippen LogP contribution is -2.21. The monoisotopic (exact) mass is 302 g/mol. The molecule has 2 rings (SSSR count). The fourth-order valence-corrected chi connectivity index (χ4v) is 1.60. The number of rotatable bonds is 4. The molecule has 0 atom stereocenters. The minimum absolute atomic E-state index is 0.209. The fourth-order valence-electron chi connectivity index (χ4n) is 1.60. The van der Waals surface area contributed by atoms with Crippen molar-refractivity contribution in [1.29, 1.82) is 0 Å². The number of amides is 2. The van der Waals surface area contributed by atoms with E-state index < -0.39 is 12.0 Å². The van der Waals surface area contributed by atoms with Crippen molar-refractivity contribution in [1.82, 2.24) is 10.2 Å². The van der Waals surface area contributed by atoms with Gasteiger partial charge in [-0.3, -0.25) is 10.1 Å². The van der Waals surface area contributed by atoms with Gasteiger partial charge in [0.05, 0.1) is 12.2 Å². The maximum atomic E-state index is 11.7. The third kappa shape index (κ3) is 4.17. The lowest BCUT2D eigenvalue weighted by molar-refractivity contribution is 0.0526. The van der Waals surface area contributed by atoms with Crippen LogP contribution < -0.4 is 16.2 Å². The normalized spacial score (nSPS) is 9.86. The van der Waals surface area contributed by atoms with Gasteiger partial charge in [-0.15, -0.1) is 0 Å². The number of carbonyl (C=O) groups is 2. The van der Waals surface area contributed by atoms with Gasteiger partial charge in [-0.25, -0.2) is 14.7 Å². The Kier molecular flexibility index (Phi) is 4.86. The summed E-state index contributed by atoms with van der Waals surface area (Å²) < 4.78 is 4.86. The highest BCUT2D eigenvalue weighted by atomic mass is 16.5. The average Bonchev–Trinajstić information content (AvgIpc) is 2.50. The predicted molar refractivity (Wildman–Crippen MR) is 79.9 cm³/mol. The standard InChI is InChI=1S/C14H14N4O4/c1-2-22-13(20)9-3-5-10(6-4-9)15-14(21)16-11-7-8-12(19)18-17-11/h3-8H,2H2,1H3,(H,18,19)(H2,15,16,17,21). The number of aromatic nitrogens is 2. The van der Waals surface area contributed by atoms with Crippen molar-refractivity contribution in [2.24, 2.45) is 0 Å². The first-order valence-electron chi connectivity index (χ1n) is 6.49. The zero-order chi connectivity index (χ0) is 15.9. The summed E-state index contributed by atoms with van der Waals surface area (Å²) in [6, 6.07) is 8.35. The SMILES string of the molecule is CCOC(=O)c1ccc(NC(=O)Nc2ccc(=O)[nH]n2)cc1. The highest BCUT2D eigenvalue weighted by Crippen LogP contribution is 2.11. The number of anilines is 2. The molecular weight excluding hydrogens is 288 g/mol. The van der Waals surface area contributed by atoms with Gasteiger partial charge in [0.25, 0.3) is 5.56 Å². The number of benzene rings is 1. The Morgan fingerprint density at radius 1 is 1.14 bits per heavy atom. The van der Waals surface area contributed by atoms with Crippen molar-refractivity contribution < 1.29 is 14.3 Å². The van der Waals surface area contributed by atoms with Crippen molar-refractivity contribution in [3.63, 3.8) is 0 Å². The van der Waals surface area contributed by atoms with Crippen molar-refractivity contribution in [3.05, 3.63) is 52.3 Å². The molecule has 0 bridgehead atoms. The Bertz CT molecular complexity index is 704. The quantitative estimate of drug-likeness (QED) is 0.742. The number of carbonyl (C=O) groups excluding carboxylic acids is 2. The maximum Gasteiger partial charge on any atom is 0.338 e. The van der Waals surface area contributed by atoms with Crippen LogP contribution >= 0.6 is 0 Å². The number of hydrogen-bond donors (Lipinski definition) is 3. The molecule has 0 aliphatic heterocycles. The third-order valence-corrected chi connectivity index (χ3v) is 2.57. The number of urea groups is 1. The van der Waals surface area contributed by atoms with Crippen LogP contribution in [0.2, 0.25) is 0 Å². The van der Waals surface area contributed by atoms with Crippen LogP contribution in [0.3, 0.4) is 0 Å². The molecule has 1 heterocycles. The average molecular weight is 302 g/mol. The number of aromatic amines is 1. The van der Waals surface area contributed by atoms with Gasteiger partial charge in [-0.1, -0.05) is 0 Å². The largest absolute Gasteiger partial charge is 0.462 e. The molecule has 1 aromatic carbocycles. The van der Waals surface area contributed by atoms with E-state index in [0.29, 0.717) is 17.9 Å². The van der Waals surface area contributed by atoms with Crippen molar-refractivity contribution in [2.75, 3.05) is 17.2 Å². The Balaban J connectivity index is 1.95. The van der Waals surface area contributed by atoms with Gasteiger partial charge in [-0.2, -0.15) is 5.10 Å². The lowest BCUT2D eigenvalue weighted by Gasteiger charge is -2.07. The molecule has 22 heavy (non-hydrogen) atoms. The Labute approximate surface area is 125 Å². The van der Waals surface area contributed by atoms with Crippen LogP contribution in [0.1, 0.15) is 17.3 Å². The Morgan fingerprint density at radius 3 is 2.45 bits per heavy atom. The van der Waals surface area contributed by atoms with Gasteiger partial charge in [-0.05, 0) is 37.3 Å². The summed E-state index contributed by atoms with van der Waals surface area (Å²) in [5, 5.41) is 10.9. The summed E-state index contributed by atoms with van der Waals surface area (Å²) in [7, 11) is 0. The lowest BCUT2D eigenvalue weighted by atomic mass is 10.2. The second kappa shape index (κ2) is 7.02. The van der Waals surface area contributed by atoms with Gasteiger partial charge < -0.3 is 10.1 Å². The maximum absolute atomic E-state index is 11.7. The summed E-state index contributed by atoms with van der Waals surface area (Å²) in [5.74, 6) is -0.212. The molecule has 0 aliphatic carbocycles. The Hall–Kier alpha value is -3.16. The smallest absolute Gasteiger partial charge is 0.338 e. The molecule has 8 nitrogen and oxygen atoms in total. The number of H-pyrrole nitrogens is 1. The summed E-state index contributed by atoms with van der Waals surface area (Å²) in [4.78, 5) is 34.1. The first-order valence-corrected chi connectivity index (χ1v) is 6.49. The van der Waals surface area contributed by atoms with E-state index in [1.807, 2.05) is 0 Å². The van der Waals surface area contributed by atoms with Crippen LogP contribution in [0.15, 0.2) is 41.2 Å². The molecule has 2 aromatic rings. The predicted octanol–water partition coefficient (Wildman–Crippen LogP) is 1.59. The zero-order valence-corrected chi connectivity index (χ0v) is 11.8. The number of nitrogens with one attached hydrogen (secondary N) is 3. The molecule has 2 amide bonds. The molecule has 0 unspecified atom stereocenters. The second-order valence-electron chi connectivity index (χ2n) is 4.18. The van der Waals surface area contributed by atoms with Crippen LogP contribution in [-0.4, -0.2) is 28.8 Å². The molecule has 0 fully saturated rings. The van der Waals surface area contributed by atoms with Crippen LogP contribution in [0.5, 0.6) is 0 Å². The van der Waals surface area contributed by atoms with Crippen LogP contribution in [0.4, 0.5) is 16.3 Å². The van der Waals surface area contributed by atoms with E-state index in [0.717, 1.165) is 0 Å². The number of nitrogens with zero attached hydrogens (tertiary/aromatic N) is 1. The van der Waals surface area contributed by atoms with E-state index >= 15 is 0 Å². The molecule has 114 valence electrons. The van der Waals surface area contributed by atoms with Crippen molar-refractivity contribution in [2.45, 2.75) is 6.92 Å². The van der Waals surface area contributed by atoms with E-state index in [2.05, 4.69) is 20.8 Å². The van der Waals surface area contributed by atoms with Crippen molar-refractivity contribution in [3.8, 4) is 0 Å². The number of esters is 1. The molecule has 0 aliphatic rings. The van der Waals surface area contributed by atoms with Crippen molar-refractivity contribution >= 4 is 23.5 Å². The van der Waals surface area contributed by atoms with Gasteiger partial charge in [0.1, 0.15) is 0 Å². The van der Waals surface area contributed by atoms with E-state index in [1.54, 1.807) is 31.2 Å². The molecule has 3 N–H and O–H groups in total. The molecule has 0 radical (unpaired) electrons. The topological polar surface area (TPSA) is 113 Å². The third-order valence-electron chi connectivity index (χ3n) is 2.57. The minimum Gasteiger partial charge on any atom is -0.462 e. The Morgan fingerprint density at radius 2 is 1.86 bits per heavy atom. The summed E-state index contributed by atoms with van der Waals surface area (Å²) >= 11 is 0. The van der Waals surface area contributed by atoms with Gasteiger partial charge in [0.15, 0.2) is 5.82 Å². The van der Waals surface area contributed by atoms with Gasteiger partial charge in [0, 0.05) is 11.8 Å².